The SMILES string of the molecule is CC1(C)Oc2ccc(C#N)cc2[C@@H](OC2=NNC(=O)[C@@H]3C[C@H]23)[C@@H]1O. The Bertz CT molecular complexity index is 796. The Morgan fingerprint density at radius 3 is 3.00 bits per heavy atom. The van der Waals surface area contributed by atoms with Gasteiger partial charge in [-0.1, -0.05) is 0 Å². The van der Waals surface area contributed by atoms with Gasteiger partial charge in [-0.15, -0.1) is 5.10 Å². The second kappa shape index (κ2) is 4.95. The molecule has 1 fully saturated rings. The number of rotatable bonds is 1. The Morgan fingerprint density at radius 1 is 1.46 bits per heavy atom. The molecule has 1 aliphatic carbocycles. The monoisotopic (exact) mass is 327 g/mol. The van der Waals surface area contributed by atoms with Crippen LogP contribution in [0, 0.1) is 23.2 Å². The maximum absolute atomic E-state index is 11.5. The van der Waals surface area contributed by atoms with Gasteiger partial charge in [0.05, 0.1) is 17.6 Å². The van der Waals surface area contributed by atoms with E-state index in [0.717, 1.165) is 0 Å². The fourth-order valence-corrected chi connectivity index (χ4v) is 3.22. The first-order valence-corrected chi connectivity index (χ1v) is 7.86. The molecule has 4 rings (SSSR count). The third-order valence-corrected chi connectivity index (χ3v) is 4.79. The number of hydrogen-bond acceptors (Lipinski definition) is 6. The van der Waals surface area contributed by atoms with Gasteiger partial charge < -0.3 is 14.6 Å². The van der Waals surface area contributed by atoms with Crippen LogP contribution in [0.15, 0.2) is 23.3 Å². The van der Waals surface area contributed by atoms with Crippen molar-refractivity contribution in [3.05, 3.63) is 29.3 Å². The zero-order valence-corrected chi connectivity index (χ0v) is 13.3. The first-order valence-electron chi connectivity index (χ1n) is 7.86. The van der Waals surface area contributed by atoms with E-state index in [4.69, 9.17) is 14.7 Å². The number of nitrogens with zero attached hydrogens (tertiary/aromatic N) is 2. The molecule has 2 N–H and O–H groups in total. The summed E-state index contributed by atoms with van der Waals surface area (Å²) in [5.41, 5.74) is 2.67. The number of carbonyl (C=O) groups excluding carboxylic acids is 1. The number of aliphatic hydroxyl groups is 1. The molecule has 2 heterocycles. The highest BCUT2D eigenvalue weighted by atomic mass is 16.5. The third-order valence-electron chi connectivity index (χ3n) is 4.79. The first kappa shape index (κ1) is 15.0. The minimum Gasteiger partial charge on any atom is -0.485 e. The maximum Gasteiger partial charge on any atom is 0.244 e. The molecule has 0 aromatic heterocycles. The van der Waals surface area contributed by atoms with Crippen molar-refractivity contribution in [2.24, 2.45) is 16.9 Å². The standard InChI is InChI=1S/C17H17N3O4/c1-17(2)14(21)13(11-5-8(7-18)3-4-12(11)24-17)23-16-10-6-9(10)15(22)19-20-16/h3-5,9-10,13-14,21H,6H2,1-2H3,(H,19,22)/t9-,10+,13-,14+/m1/s1. The first-order chi connectivity index (χ1) is 11.4. The van der Waals surface area contributed by atoms with Crippen molar-refractivity contribution >= 4 is 11.8 Å². The summed E-state index contributed by atoms with van der Waals surface area (Å²) in [5.74, 6) is 0.788. The molecule has 7 nitrogen and oxygen atoms in total. The van der Waals surface area contributed by atoms with Gasteiger partial charge in [-0.3, -0.25) is 4.79 Å². The highest BCUT2D eigenvalue weighted by molar-refractivity contribution is 5.96. The summed E-state index contributed by atoms with van der Waals surface area (Å²) in [6.45, 7) is 3.55. The number of benzene rings is 1. The van der Waals surface area contributed by atoms with Gasteiger partial charge in [0.1, 0.15) is 17.5 Å². The lowest BCUT2D eigenvalue weighted by molar-refractivity contribution is -0.123. The number of aliphatic hydroxyl groups excluding tert-OH is 1. The van der Waals surface area contributed by atoms with E-state index >= 15 is 0 Å². The summed E-state index contributed by atoms with van der Waals surface area (Å²) in [4.78, 5) is 11.5. The Labute approximate surface area is 138 Å². The highest BCUT2D eigenvalue weighted by Crippen LogP contribution is 2.46. The zero-order valence-electron chi connectivity index (χ0n) is 13.3. The number of nitrogens with one attached hydrogen (secondary N) is 1. The fourth-order valence-electron chi connectivity index (χ4n) is 3.22. The van der Waals surface area contributed by atoms with Crippen LogP contribution in [-0.4, -0.2) is 28.6 Å². The Kier molecular flexibility index (Phi) is 3.09. The third kappa shape index (κ3) is 2.22. The molecule has 0 bridgehead atoms. The van der Waals surface area contributed by atoms with Gasteiger partial charge >= 0.3 is 0 Å². The minimum atomic E-state index is -0.948. The summed E-state index contributed by atoms with van der Waals surface area (Å²) < 4.78 is 11.9. The van der Waals surface area contributed by atoms with Crippen LogP contribution in [0.5, 0.6) is 5.75 Å². The van der Waals surface area contributed by atoms with Crippen LogP contribution in [-0.2, 0) is 9.53 Å². The van der Waals surface area contributed by atoms with E-state index in [-0.39, 0.29) is 17.7 Å². The van der Waals surface area contributed by atoms with E-state index in [1.54, 1.807) is 32.0 Å². The van der Waals surface area contributed by atoms with E-state index in [2.05, 4.69) is 16.6 Å². The fraction of sp³-hybridized carbons (Fsp3) is 0.471. The van der Waals surface area contributed by atoms with Gasteiger partial charge in [0, 0.05) is 11.5 Å². The molecule has 0 unspecified atom stereocenters. The summed E-state index contributed by atoms with van der Waals surface area (Å²) in [6.07, 6.45) is -0.957. The normalized spacial score (nSPS) is 32.2. The van der Waals surface area contributed by atoms with Crippen LogP contribution >= 0.6 is 0 Å². The highest BCUT2D eigenvalue weighted by Gasteiger charge is 2.53. The second-order valence-electron chi connectivity index (χ2n) is 6.93. The van der Waals surface area contributed by atoms with E-state index in [9.17, 15) is 9.90 Å². The predicted octanol–water partition coefficient (Wildman–Crippen LogP) is 1.23. The summed E-state index contributed by atoms with van der Waals surface area (Å²) in [6, 6.07) is 7.11. The molecule has 1 aromatic rings. The molecule has 0 spiro atoms. The van der Waals surface area contributed by atoms with Gasteiger partial charge in [0.25, 0.3) is 0 Å². The number of fused-ring (bicyclic) bond motifs is 2. The van der Waals surface area contributed by atoms with Gasteiger partial charge in [0.15, 0.2) is 6.10 Å². The molecular formula is C17H17N3O4. The van der Waals surface area contributed by atoms with Crippen molar-refractivity contribution in [3.63, 3.8) is 0 Å². The Hall–Kier alpha value is -2.59. The summed E-state index contributed by atoms with van der Waals surface area (Å²) in [5, 5.41) is 23.8. The molecule has 0 radical (unpaired) electrons. The van der Waals surface area contributed by atoms with Gasteiger partial charge in [-0.05, 0) is 38.5 Å². The lowest BCUT2D eigenvalue weighted by Gasteiger charge is -2.42. The number of amides is 1. The van der Waals surface area contributed by atoms with E-state index in [1.165, 1.54) is 0 Å². The zero-order chi connectivity index (χ0) is 17.1. The summed E-state index contributed by atoms with van der Waals surface area (Å²) in [7, 11) is 0. The largest absolute Gasteiger partial charge is 0.485 e. The molecule has 3 aliphatic rings. The van der Waals surface area contributed by atoms with Crippen LogP contribution in [0.3, 0.4) is 0 Å². The van der Waals surface area contributed by atoms with E-state index < -0.39 is 17.8 Å². The maximum atomic E-state index is 11.5. The average Bonchev–Trinajstić information content (AvgIpc) is 3.35. The minimum absolute atomic E-state index is 0.0282. The molecule has 24 heavy (non-hydrogen) atoms. The van der Waals surface area contributed by atoms with Crippen LogP contribution in [0.2, 0.25) is 0 Å². The van der Waals surface area contributed by atoms with Crippen molar-refractivity contribution in [1.29, 1.82) is 5.26 Å². The summed E-state index contributed by atoms with van der Waals surface area (Å²) >= 11 is 0. The smallest absolute Gasteiger partial charge is 0.244 e. The molecule has 1 saturated carbocycles. The van der Waals surface area contributed by atoms with Crippen LogP contribution in [0.4, 0.5) is 0 Å². The van der Waals surface area contributed by atoms with E-state index in [1.807, 2.05) is 0 Å². The second-order valence-corrected chi connectivity index (χ2v) is 6.93. The number of hydrazone groups is 1. The number of ether oxygens (including phenoxy) is 2. The molecule has 0 saturated heterocycles. The van der Waals surface area contributed by atoms with Crippen molar-refractivity contribution in [3.8, 4) is 11.8 Å². The van der Waals surface area contributed by atoms with E-state index in [0.29, 0.717) is 29.2 Å². The lowest BCUT2D eigenvalue weighted by Crippen LogP contribution is -2.50. The van der Waals surface area contributed by atoms with Crippen molar-refractivity contribution < 1.29 is 19.4 Å². The number of hydrogen-bond donors (Lipinski definition) is 2. The van der Waals surface area contributed by atoms with Gasteiger partial charge in [-0.25, -0.2) is 5.43 Å². The Morgan fingerprint density at radius 2 is 2.25 bits per heavy atom. The average molecular weight is 327 g/mol. The molecular weight excluding hydrogens is 310 g/mol. The number of carbonyl (C=O) groups is 1. The molecule has 4 atom stereocenters. The van der Waals surface area contributed by atoms with Crippen LogP contribution in [0.25, 0.3) is 0 Å². The Balaban J connectivity index is 1.71. The molecule has 1 amide bonds. The topological polar surface area (TPSA) is 104 Å². The van der Waals surface area contributed by atoms with Crippen molar-refractivity contribution in [2.45, 2.75) is 38.1 Å². The van der Waals surface area contributed by atoms with Gasteiger partial charge in [0.2, 0.25) is 11.8 Å². The van der Waals surface area contributed by atoms with Crippen LogP contribution < -0.4 is 10.2 Å². The van der Waals surface area contributed by atoms with Crippen molar-refractivity contribution in [2.75, 3.05) is 0 Å². The van der Waals surface area contributed by atoms with Crippen LogP contribution in [0.1, 0.15) is 37.5 Å². The molecule has 2 aliphatic heterocycles. The predicted molar refractivity (Wildman–Crippen MR) is 82.9 cm³/mol. The quantitative estimate of drug-likeness (QED) is 0.807. The molecule has 124 valence electrons. The number of nitriles is 1. The molecule has 7 heteroatoms. The van der Waals surface area contributed by atoms with Gasteiger partial charge in [-0.2, -0.15) is 5.26 Å². The lowest BCUT2D eigenvalue weighted by atomic mass is 9.87. The molecule has 1 aromatic carbocycles. The van der Waals surface area contributed by atoms with Crippen molar-refractivity contribution in [1.82, 2.24) is 5.43 Å².